The summed E-state index contributed by atoms with van der Waals surface area (Å²) in [7, 11) is 0. The summed E-state index contributed by atoms with van der Waals surface area (Å²) in [6.07, 6.45) is 1.81. The Hall–Kier alpha value is -2.34. The fourth-order valence-electron chi connectivity index (χ4n) is 2.10. The van der Waals surface area contributed by atoms with Crippen LogP contribution in [-0.2, 0) is 9.53 Å². The normalized spacial score (nSPS) is 20.8. The molecule has 21 heavy (non-hydrogen) atoms. The molecule has 1 unspecified atom stereocenters. The molecule has 112 valence electrons. The van der Waals surface area contributed by atoms with Crippen LogP contribution in [0.15, 0.2) is 36.9 Å². The van der Waals surface area contributed by atoms with Crippen molar-refractivity contribution < 1.29 is 24.2 Å². The van der Waals surface area contributed by atoms with Gasteiger partial charge in [-0.05, 0) is 12.1 Å². The SMILES string of the molecule is C=CCOc1ccccc1C(=O)NC1(C(=O)O)CCOC1. The Morgan fingerprint density at radius 3 is 2.86 bits per heavy atom. The summed E-state index contributed by atoms with van der Waals surface area (Å²) in [5.74, 6) is -1.21. The molecule has 0 aromatic heterocycles. The monoisotopic (exact) mass is 291 g/mol. The maximum atomic E-state index is 12.4. The molecule has 0 bridgehead atoms. The van der Waals surface area contributed by atoms with Crippen LogP contribution in [0.5, 0.6) is 5.75 Å². The second kappa shape index (κ2) is 6.41. The minimum atomic E-state index is -1.37. The number of benzene rings is 1. The molecule has 0 spiro atoms. The van der Waals surface area contributed by atoms with Crippen molar-refractivity contribution in [1.82, 2.24) is 5.32 Å². The van der Waals surface area contributed by atoms with Gasteiger partial charge in [0, 0.05) is 13.0 Å². The minimum Gasteiger partial charge on any atom is -0.489 e. The van der Waals surface area contributed by atoms with Gasteiger partial charge < -0.3 is 19.9 Å². The maximum absolute atomic E-state index is 12.4. The number of amides is 1. The minimum absolute atomic E-state index is 0.0379. The molecule has 0 aliphatic carbocycles. The Morgan fingerprint density at radius 1 is 1.48 bits per heavy atom. The molecule has 1 aliphatic heterocycles. The quantitative estimate of drug-likeness (QED) is 0.770. The fraction of sp³-hybridized carbons (Fsp3) is 0.333. The Bertz CT molecular complexity index is 549. The van der Waals surface area contributed by atoms with E-state index < -0.39 is 17.4 Å². The van der Waals surface area contributed by atoms with Gasteiger partial charge in [-0.2, -0.15) is 0 Å². The summed E-state index contributed by atoms with van der Waals surface area (Å²) in [5.41, 5.74) is -1.09. The van der Waals surface area contributed by atoms with Gasteiger partial charge in [-0.1, -0.05) is 24.8 Å². The summed E-state index contributed by atoms with van der Waals surface area (Å²) in [4.78, 5) is 23.8. The van der Waals surface area contributed by atoms with E-state index in [1.807, 2.05) is 0 Å². The lowest BCUT2D eigenvalue weighted by molar-refractivity contribution is -0.144. The Morgan fingerprint density at radius 2 is 2.24 bits per heavy atom. The first-order valence-electron chi connectivity index (χ1n) is 6.55. The predicted octanol–water partition coefficient (Wildman–Crippen LogP) is 1.22. The number of ether oxygens (including phenoxy) is 2. The van der Waals surface area contributed by atoms with Gasteiger partial charge >= 0.3 is 5.97 Å². The third kappa shape index (κ3) is 3.22. The van der Waals surface area contributed by atoms with Crippen molar-refractivity contribution in [2.75, 3.05) is 19.8 Å². The standard InChI is InChI=1S/C15H17NO5/c1-2-8-21-12-6-4-3-5-11(12)13(17)16-15(14(18)19)7-9-20-10-15/h2-6H,1,7-10H2,(H,16,17)(H,18,19). The van der Waals surface area contributed by atoms with Crippen LogP contribution in [0.4, 0.5) is 0 Å². The number of carboxylic acid groups (broad SMARTS) is 1. The Balaban J connectivity index is 2.20. The lowest BCUT2D eigenvalue weighted by Gasteiger charge is -2.24. The molecule has 2 N–H and O–H groups in total. The number of hydrogen-bond donors (Lipinski definition) is 2. The van der Waals surface area contributed by atoms with Gasteiger partial charge in [0.1, 0.15) is 12.4 Å². The zero-order valence-electron chi connectivity index (χ0n) is 11.5. The van der Waals surface area contributed by atoms with Gasteiger partial charge in [-0.3, -0.25) is 4.79 Å². The first-order chi connectivity index (χ1) is 10.1. The molecule has 1 atom stereocenters. The van der Waals surface area contributed by atoms with E-state index in [0.29, 0.717) is 12.4 Å². The average Bonchev–Trinajstić information content (AvgIpc) is 2.95. The molecule has 1 aliphatic rings. The number of para-hydroxylation sites is 1. The Kier molecular flexibility index (Phi) is 4.59. The lowest BCUT2D eigenvalue weighted by atomic mass is 9.98. The van der Waals surface area contributed by atoms with Crippen LogP contribution in [0, 0.1) is 0 Å². The van der Waals surface area contributed by atoms with E-state index in [1.54, 1.807) is 30.3 Å². The molecule has 1 heterocycles. The van der Waals surface area contributed by atoms with Crippen LogP contribution >= 0.6 is 0 Å². The summed E-state index contributed by atoms with van der Waals surface area (Å²) < 4.78 is 10.5. The van der Waals surface area contributed by atoms with Crippen molar-refractivity contribution in [3.8, 4) is 5.75 Å². The molecule has 6 nitrogen and oxygen atoms in total. The molecular formula is C15H17NO5. The third-order valence-electron chi connectivity index (χ3n) is 3.27. The smallest absolute Gasteiger partial charge is 0.331 e. The first kappa shape index (κ1) is 15.1. The van der Waals surface area contributed by atoms with Crippen molar-refractivity contribution in [3.05, 3.63) is 42.5 Å². The van der Waals surface area contributed by atoms with Crippen LogP contribution in [0.3, 0.4) is 0 Å². The summed E-state index contributed by atoms with van der Waals surface area (Å²) in [6, 6.07) is 6.66. The van der Waals surface area contributed by atoms with Gasteiger partial charge in [-0.25, -0.2) is 4.79 Å². The van der Waals surface area contributed by atoms with Crippen LogP contribution in [0.2, 0.25) is 0 Å². The largest absolute Gasteiger partial charge is 0.489 e. The van der Waals surface area contributed by atoms with Crippen LogP contribution in [-0.4, -0.2) is 42.3 Å². The van der Waals surface area contributed by atoms with Gasteiger partial charge in [-0.15, -0.1) is 0 Å². The highest BCUT2D eigenvalue weighted by atomic mass is 16.5. The number of aliphatic carboxylic acids is 1. The topological polar surface area (TPSA) is 84.9 Å². The van der Waals surface area contributed by atoms with Gasteiger partial charge in [0.15, 0.2) is 5.54 Å². The van der Waals surface area contributed by atoms with Crippen molar-refractivity contribution in [1.29, 1.82) is 0 Å². The summed E-state index contributed by atoms with van der Waals surface area (Å²) >= 11 is 0. The highest BCUT2D eigenvalue weighted by molar-refractivity contribution is 6.00. The number of hydrogen-bond acceptors (Lipinski definition) is 4. The number of carboxylic acids is 1. The first-order valence-corrected chi connectivity index (χ1v) is 6.55. The van der Waals surface area contributed by atoms with E-state index in [2.05, 4.69) is 11.9 Å². The van der Waals surface area contributed by atoms with Gasteiger partial charge in [0.05, 0.1) is 12.2 Å². The number of nitrogens with one attached hydrogen (secondary N) is 1. The second-order valence-electron chi connectivity index (χ2n) is 4.74. The van der Waals surface area contributed by atoms with E-state index in [1.165, 1.54) is 0 Å². The Labute approximate surface area is 122 Å². The number of rotatable bonds is 6. The van der Waals surface area contributed by atoms with Crippen molar-refractivity contribution in [3.63, 3.8) is 0 Å². The predicted molar refractivity (Wildman–Crippen MR) is 75.4 cm³/mol. The summed E-state index contributed by atoms with van der Waals surface area (Å²) in [6.45, 7) is 4.08. The van der Waals surface area contributed by atoms with E-state index in [4.69, 9.17) is 9.47 Å². The van der Waals surface area contributed by atoms with Gasteiger partial charge in [0.25, 0.3) is 5.91 Å². The van der Waals surface area contributed by atoms with Crippen molar-refractivity contribution in [2.24, 2.45) is 0 Å². The average molecular weight is 291 g/mol. The van der Waals surface area contributed by atoms with Crippen LogP contribution in [0.1, 0.15) is 16.8 Å². The summed E-state index contributed by atoms with van der Waals surface area (Å²) in [5, 5.41) is 11.9. The second-order valence-corrected chi connectivity index (χ2v) is 4.74. The van der Waals surface area contributed by atoms with Crippen molar-refractivity contribution >= 4 is 11.9 Å². The highest BCUT2D eigenvalue weighted by Crippen LogP contribution is 2.23. The number of carbonyl (C=O) groups excluding carboxylic acids is 1. The zero-order chi connectivity index (χ0) is 15.3. The van der Waals surface area contributed by atoms with Crippen molar-refractivity contribution in [2.45, 2.75) is 12.0 Å². The fourth-order valence-corrected chi connectivity index (χ4v) is 2.10. The molecule has 6 heteroatoms. The molecule has 1 aromatic rings. The molecule has 0 radical (unpaired) electrons. The molecular weight excluding hydrogens is 274 g/mol. The molecule has 1 amide bonds. The van der Waals surface area contributed by atoms with E-state index in [0.717, 1.165) is 0 Å². The molecule has 1 saturated heterocycles. The van der Waals surface area contributed by atoms with E-state index >= 15 is 0 Å². The van der Waals surface area contributed by atoms with E-state index in [-0.39, 0.29) is 25.2 Å². The highest BCUT2D eigenvalue weighted by Gasteiger charge is 2.44. The molecule has 0 saturated carbocycles. The van der Waals surface area contributed by atoms with Crippen LogP contribution in [0.25, 0.3) is 0 Å². The van der Waals surface area contributed by atoms with E-state index in [9.17, 15) is 14.7 Å². The zero-order valence-corrected chi connectivity index (χ0v) is 11.5. The maximum Gasteiger partial charge on any atom is 0.331 e. The van der Waals surface area contributed by atoms with Crippen LogP contribution < -0.4 is 10.1 Å². The molecule has 1 aromatic carbocycles. The third-order valence-corrected chi connectivity index (χ3v) is 3.27. The molecule has 1 fully saturated rings. The van der Waals surface area contributed by atoms with Gasteiger partial charge in [0.2, 0.25) is 0 Å². The molecule has 2 rings (SSSR count). The number of carbonyl (C=O) groups is 2. The lowest BCUT2D eigenvalue weighted by Crippen LogP contribution is -2.55.